The Kier molecular flexibility index (Phi) is 16.5. The van der Waals surface area contributed by atoms with Gasteiger partial charge in [0, 0.05) is 48.1 Å². The highest BCUT2D eigenvalue weighted by molar-refractivity contribution is 5.87. The Labute approximate surface area is 430 Å². The summed E-state index contributed by atoms with van der Waals surface area (Å²) >= 11 is 0. The third-order valence-corrected chi connectivity index (χ3v) is 13.9. The van der Waals surface area contributed by atoms with Gasteiger partial charge in [0.25, 0.3) is 0 Å². The van der Waals surface area contributed by atoms with Crippen LogP contribution in [0.1, 0.15) is 84.0 Å². The second kappa shape index (κ2) is 23.8. The Morgan fingerprint density at radius 2 is 0.919 bits per heavy atom. The van der Waals surface area contributed by atoms with E-state index in [0.29, 0.717) is 25.9 Å². The summed E-state index contributed by atoms with van der Waals surface area (Å²) in [5.74, 6) is -0.464. The lowest BCUT2D eigenvalue weighted by atomic mass is 9.84. The Morgan fingerprint density at radius 3 is 1.35 bits per heavy atom. The van der Waals surface area contributed by atoms with Gasteiger partial charge in [-0.1, -0.05) is 133 Å². The molecule has 0 radical (unpaired) electrons. The van der Waals surface area contributed by atoms with E-state index in [1.165, 1.54) is 59.0 Å². The van der Waals surface area contributed by atoms with Crippen LogP contribution in [0.4, 0.5) is 8.78 Å². The van der Waals surface area contributed by atoms with E-state index < -0.39 is 23.6 Å². The number of esters is 2. The number of para-hydroxylation sites is 2. The number of rotatable bonds is 16. The van der Waals surface area contributed by atoms with Gasteiger partial charge in [0.1, 0.15) is 23.7 Å². The maximum atomic E-state index is 14.4. The number of halogens is 2. The number of carbonyl (C=O) groups is 2. The molecular formula is C62H60F2N2O8. The Balaban J connectivity index is 0.000000182. The van der Waals surface area contributed by atoms with Crippen molar-refractivity contribution in [2.45, 2.75) is 62.8 Å². The highest BCUT2D eigenvalue weighted by atomic mass is 19.1. The Bertz CT molecular complexity index is 3010. The van der Waals surface area contributed by atoms with E-state index in [1.807, 2.05) is 48.5 Å². The van der Waals surface area contributed by atoms with Crippen LogP contribution in [0.5, 0.6) is 23.0 Å². The van der Waals surface area contributed by atoms with Gasteiger partial charge < -0.3 is 39.1 Å². The first-order valence-corrected chi connectivity index (χ1v) is 25.0. The predicted octanol–water partition coefficient (Wildman–Crippen LogP) is 12.3. The molecule has 2 aliphatic heterocycles. The molecule has 2 N–H and O–H groups in total. The van der Waals surface area contributed by atoms with Gasteiger partial charge in [-0.25, -0.2) is 18.4 Å². The fraction of sp³-hybridized carbons (Fsp3) is 0.258. The number of nitrogens with one attached hydrogen (secondary N) is 2. The van der Waals surface area contributed by atoms with Crippen molar-refractivity contribution in [2.75, 3.05) is 40.5 Å². The van der Waals surface area contributed by atoms with Crippen LogP contribution in [0.2, 0.25) is 0 Å². The van der Waals surface area contributed by atoms with Gasteiger partial charge in [0.15, 0.2) is 36.3 Å². The van der Waals surface area contributed by atoms with Crippen molar-refractivity contribution in [1.82, 2.24) is 10.6 Å². The van der Waals surface area contributed by atoms with Gasteiger partial charge in [-0.3, -0.25) is 0 Å². The number of fused-ring (bicyclic) bond motifs is 4. The van der Waals surface area contributed by atoms with Crippen molar-refractivity contribution in [1.29, 1.82) is 0 Å². The summed E-state index contributed by atoms with van der Waals surface area (Å²) in [5, 5.41) is 12.2. The van der Waals surface area contributed by atoms with Crippen LogP contribution in [0, 0.1) is 11.6 Å². The molecule has 2 heterocycles. The normalized spacial score (nSPS) is 17.5. The second-order valence-electron chi connectivity index (χ2n) is 18.6. The zero-order valence-corrected chi connectivity index (χ0v) is 41.9. The van der Waals surface area contributed by atoms with Crippen LogP contribution in [-0.2, 0) is 19.1 Å². The molecule has 0 bridgehead atoms. The van der Waals surface area contributed by atoms with E-state index in [-0.39, 0.29) is 60.8 Å². The lowest BCUT2D eigenvalue weighted by Gasteiger charge is -2.33. The molecule has 0 spiro atoms. The maximum absolute atomic E-state index is 14.4. The van der Waals surface area contributed by atoms with Crippen LogP contribution in [0.15, 0.2) is 170 Å². The third-order valence-electron chi connectivity index (χ3n) is 13.9. The Hall–Kier alpha value is -7.80. The summed E-state index contributed by atoms with van der Waals surface area (Å²) in [6.07, 6.45) is 1.27. The number of carbonyl (C=O) groups excluding carboxylic acids is 2. The number of methoxy groups -OCH3 is 2. The standard InChI is InChI=1S/2C31H30FNO4/c2*1-20(24-12-7-9-21-8-3-4-10-25(21)24)33-18-23-17-27(26-11-5-6-13-29(26)37-23)22-14-15-28(32)30(16-22)36-19-31(34)35-2/h2*3-16,20,23,27,33H,17-19H2,1-2H3/t20-,23-,27?;20-,23-,27+/m11/s1. The first-order valence-electron chi connectivity index (χ1n) is 25.0. The smallest absolute Gasteiger partial charge is 0.343 e. The predicted molar refractivity (Wildman–Crippen MR) is 283 cm³/mol. The Morgan fingerprint density at radius 1 is 0.527 bits per heavy atom. The van der Waals surface area contributed by atoms with Gasteiger partial charge in [-0.05, 0) is 107 Å². The van der Waals surface area contributed by atoms with Crippen LogP contribution in [-0.4, -0.2) is 64.7 Å². The summed E-state index contributed by atoms with van der Waals surface area (Å²) in [5.41, 5.74) is 6.40. The lowest BCUT2D eigenvalue weighted by molar-refractivity contribution is -0.143. The second-order valence-corrected chi connectivity index (χ2v) is 18.6. The molecule has 6 atom stereocenters. The first kappa shape index (κ1) is 51.1. The van der Waals surface area contributed by atoms with Crippen LogP contribution >= 0.6 is 0 Å². The van der Waals surface area contributed by atoms with E-state index in [0.717, 1.165) is 33.8 Å². The van der Waals surface area contributed by atoms with E-state index in [2.05, 4.69) is 119 Å². The summed E-state index contributed by atoms with van der Waals surface area (Å²) in [6, 6.07) is 55.4. The average molecular weight is 999 g/mol. The molecule has 8 aromatic carbocycles. The molecule has 1 unspecified atom stereocenters. The minimum Gasteiger partial charge on any atom is -0.489 e. The van der Waals surface area contributed by atoms with Crippen LogP contribution in [0.3, 0.4) is 0 Å². The minimum atomic E-state index is -0.562. The number of hydrogen-bond donors (Lipinski definition) is 2. The molecule has 380 valence electrons. The SMILES string of the molecule is COC(=O)COc1cc(C2C[C@H](CN[C@H](C)c3cccc4ccccc34)Oc3ccccc32)ccc1F.COC(=O)COc1cc([C@@H]2C[C@H](CN[C@H](C)c3cccc4ccccc34)Oc3ccccc32)ccc1F. The molecular weight excluding hydrogens is 939 g/mol. The van der Waals surface area contributed by atoms with Crippen LogP contribution < -0.4 is 29.6 Å². The molecule has 0 aliphatic carbocycles. The lowest BCUT2D eigenvalue weighted by Crippen LogP contribution is -2.37. The average Bonchev–Trinajstić information content (AvgIpc) is 3.45. The van der Waals surface area contributed by atoms with Crippen LogP contribution in [0.25, 0.3) is 21.5 Å². The quantitative estimate of drug-likeness (QED) is 0.0907. The fourth-order valence-electron chi connectivity index (χ4n) is 10.0. The topological polar surface area (TPSA) is 114 Å². The molecule has 12 heteroatoms. The van der Waals surface area contributed by atoms with Crippen molar-refractivity contribution >= 4 is 33.5 Å². The third kappa shape index (κ3) is 12.0. The van der Waals surface area contributed by atoms with Gasteiger partial charge in [-0.2, -0.15) is 0 Å². The monoisotopic (exact) mass is 998 g/mol. The molecule has 8 aromatic rings. The molecule has 2 aliphatic rings. The first-order chi connectivity index (χ1) is 36.1. The minimum absolute atomic E-state index is 0.00862. The summed E-state index contributed by atoms with van der Waals surface area (Å²) in [4.78, 5) is 23.0. The molecule has 0 amide bonds. The molecule has 10 rings (SSSR count). The van der Waals surface area contributed by atoms with Crippen molar-refractivity contribution in [3.63, 3.8) is 0 Å². The van der Waals surface area contributed by atoms with E-state index in [4.69, 9.17) is 18.9 Å². The zero-order valence-electron chi connectivity index (χ0n) is 41.9. The summed E-state index contributed by atoms with van der Waals surface area (Å²) in [6.45, 7) is 4.95. The van der Waals surface area contributed by atoms with E-state index in [9.17, 15) is 18.4 Å². The van der Waals surface area contributed by atoms with Crippen molar-refractivity contribution < 1.29 is 46.8 Å². The van der Waals surface area contributed by atoms with E-state index >= 15 is 0 Å². The van der Waals surface area contributed by atoms with Crippen molar-refractivity contribution in [3.8, 4) is 23.0 Å². The molecule has 0 saturated heterocycles. The largest absolute Gasteiger partial charge is 0.489 e. The molecule has 0 saturated carbocycles. The molecule has 0 fully saturated rings. The number of benzene rings is 8. The summed E-state index contributed by atoms with van der Waals surface area (Å²) in [7, 11) is 2.54. The zero-order chi connectivity index (χ0) is 51.6. The fourth-order valence-corrected chi connectivity index (χ4v) is 10.0. The molecule has 74 heavy (non-hydrogen) atoms. The van der Waals surface area contributed by atoms with Gasteiger partial charge >= 0.3 is 11.9 Å². The maximum Gasteiger partial charge on any atom is 0.343 e. The van der Waals surface area contributed by atoms with Crippen molar-refractivity contribution in [3.05, 3.63) is 215 Å². The summed E-state index contributed by atoms with van der Waals surface area (Å²) < 4.78 is 61.7. The van der Waals surface area contributed by atoms with E-state index in [1.54, 1.807) is 24.3 Å². The highest BCUT2D eigenvalue weighted by Crippen LogP contribution is 2.43. The van der Waals surface area contributed by atoms with Gasteiger partial charge in [-0.15, -0.1) is 0 Å². The number of ether oxygens (including phenoxy) is 6. The van der Waals surface area contributed by atoms with Gasteiger partial charge in [0.2, 0.25) is 0 Å². The molecule has 10 nitrogen and oxygen atoms in total. The number of hydrogen-bond acceptors (Lipinski definition) is 10. The van der Waals surface area contributed by atoms with Crippen molar-refractivity contribution in [2.24, 2.45) is 0 Å². The highest BCUT2D eigenvalue weighted by Gasteiger charge is 2.32. The molecule has 0 aromatic heterocycles. The van der Waals surface area contributed by atoms with Gasteiger partial charge in [0.05, 0.1) is 14.2 Å².